The van der Waals surface area contributed by atoms with Gasteiger partial charge in [-0.1, -0.05) is 52.3 Å². The second-order valence-corrected chi connectivity index (χ2v) is 7.17. The molecule has 0 unspecified atom stereocenters. The molecule has 1 amide bonds. The summed E-state index contributed by atoms with van der Waals surface area (Å²) in [5.74, 6) is 0.553. The topological polar surface area (TPSA) is 64.7 Å². The van der Waals surface area contributed by atoms with Crippen LogP contribution in [0.15, 0.2) is 83.7 Å². The Bertz CT molecular complexity index is 1090. The number of halogens is 1. The summed E-state index contributed by atoms with van der Waals surface area (Å²) in [5, 5.41) is 11.6. The van der Waals surface area contributed by atoms with Crippen molar-refractivity contribution in [3.8, 4) is 5.69 Å². The highest BCUT2D eigenvalue weighted by Crippen LogP contribution is 2.19. The molecular formula is C21H18BrN5O. The largest absolute Gasteiger partial charge is 0.311 e. The Kier molecular flexibility index (Phi) is 5.34. The lowest BCUT2D eigenvalue weighted by atomic mass is 10.2. The van der Waals surface area contributed by atoms with Gasteiger partial charge in [-0.15, -0.1) is 0 Å². The number of anilines is 1. The quantitative estimate of drug-likeness (QED) is 0.496. The molecule has 1 N–H and O–H groups in total. The SMILES string of the molecule is O=C(Cc1cnn(-c2ccccc2)c1)Nc1ccnn1Cc1ccccc1Br. The van der Waals surface area contributed by atoms with Crippen molar-refractivity contribution < 1.29 is 4.79 Å². The van der Waals surface area contributed by atoms with E-state index in [-0.39, 0.29) is 12.3 Å². The van der Waals surface area contributed by atoms with Crippen molar-refractivity contribution in [1.29, 1.82) is 0 Å². The molecule has 0 bridgehead atoms. The van der Waals surface area contributed by atoms with Gasteiger partial charge in [-0.3, -0.25) is 4.79 Å². The Hall–Kier alpha value is -3.19. The van der Waals surface area contributed by atoms with Crippen LogP contribution in [0.1, 0.15) is 11.1 Å². The Morgan fingerprint density at radius 2 is 1.79 bits per heavy atom. The molecule has 0 saturated heterocycles. The minimum atomic E-state index is -0.110. The molecule has 0 aliphatic carbocycles. The molecule has 0 aliphatic heterocycles. The predicted octanol–water partition coefficient (Wildman–Crippen LogP) is 4.06. The van der Waals surface area contributed by atoms with Gasteiger partial charge in [0.1, 0.15) is 5.82 Å². The fourth-order valence-corrected chi connectivity index (χ4v) is 3.31. The zero-order valence-corrected chi connectivity index (χ0v) is 16.6. The molecule has 4 rings (SSSR count). The molecule has 140 valence electrons. The van der Waals surface area contributed by atoms with Crippen LogP contribution in [0.5, 0.6) is 0 Å². The average Bonchev–Trinajstić information content (AvgIpc) is 3.34. The van der Waals surface area contributed by atoms with Crippen LogP contribution in [0.25, 0.3) is 5.69 Å². The van der Waals surface area contributed by atoms with Crippen LogP contribution >= 0.6 is 15.9 Å². The Morgan fingerprint density at radius 3 is 2.61 bits per heavy atom. The van der Waals surface area contributed by atoms with Gasteiger partial charge in [0.15, 0.2) is 0 Å². The normalized spacial score (nSPS) is 10.8. The molecule has 0 radical (unpaired) electrons. The van der Waals surface area contributed by atoms with Gasteiger partial charge in [0.05, 0.1) is 31.0 Å². The third-order valence-electron chi connectivity index (χ3n) is 4.28. The van der Waals surface area contributed by atoms with Gasteiger partial charge in [0.2, 0.25) is 5.91 Å². The monoisotopic (exact) mass is 435 g/mol. The molecule has 0 spiro atoms. The number of hydrogen-bond donors (Lipinski definition) is 1. The van der Waals surface area contributed by atoms with Crippen LogP contribution in [0.4, 0.5) is 5.82 Å². The lowest BCUT2D eigenvalue weighted by molar-refractivity contribution is -0.115. The first-order chi connectivity index (χ1) is 13.7. The number of carbonyl (C=O) groups excluding carboxylic acids is 1. The fraction of sp³-hybridized carbons (Fsp3) is 0.0952. The number of nitrogens with one attached hydrogen (secondary N) is 1. The Balaban J connectivity index is 1.42. The van der Waals surface area contributed by atoms with Crippen LogP contribution in [0.2, 0.25) is 0 Å². The summed E-state index contributed by atoms with van der Waals surface area (Å²) in [6, 6.07) is 19.6. The van der Waals surface area contributed by atoms with Crippen molar-refractivity contribution in [2.75, 3.05) is 5.32 Å². The fourth-order valence-electron chi connectivity index (χ4n) is 2.90. The van der Waals surface area contributed by atoms with Crippen LogP contribution in [-0.2, 0) is 17.8 Å². The molecule has 0 aliphatic rings. The number of para-hydroxylation sites is 1. The van der Waals surface area contributed by atoms with Crippen molar-refractivity contribution in [2.24, 2.45) is 0 Å². The van der Waals surface area contributed by atoms with E-state index < -0.39 is 0 Å². The van der Waals surface area contributed by atoms with E-state index in [1.807, 2.05) is 60.8 Å². The van der Waals surface area contributed by atoms with E-state index in [1.54, 1.807) is 27.8 Å². The Labute approximate surface area is 170 Å². The summed E-state index contributed by atoms with van der Waals surface area (Å²) in [6.45, 7) is 0.565. The lowest BCUT2D eigenvalue weighted by Gasteiger charge is -2.10. The third-order valence-corrected chi connectivity index (χ3v) is 5.06. The van der Waals surface area contributed by atoms with E-state index in [9.17, 15) is 4.79 Å². The summed E-state index contributed by atoms with van der Waals surface area (Å²) in [4.78, 5) is 12.5. The van der Waals surface area contributed by atoms with Crippen LogP contribution in [-0.4, -0.2) is 25.5 Å². The molecule has 0 fully saturated rings. The summed E-state index contributed by atoms with van der Waals surface area (Å²) in [7, 11) is 0. The van der Waals surface area contributed by atoms with E-state index >= 15 is 0 Å². The number of nitrogens with zero attached hydrogens (tertiary/aromatic N) is 4. The van der Waals surface area contributed by atoms with Crippen molar-refractivity contribution in [3.05, 3.63) is 94.9 Å². The van der Waals surface area contributed by atoms with Crippen molar-refractivity contribution >= 4 is 27.7 Å². The van der Waals surface area contributed by atoms with Gasteiger partial charge in [0.25, 0.3) is 0 Å². The standard InChI is InChI=1S/C21H18BrN5O/c22-19-9-5-4-6-17(19)15-27-20(10-11-23-27)25-21(28)12-16-13-24-26(14-16)18-7-2-1-3-8-18/h1-11,13-14H,12,15H2,(H,25,28). The first-order valence-electron chi connectivity index (χ1n) is 8.83. The maximum absolute atomic E-state index is 12.5. The van der Waals surface area contributed by atoms with Gasteiger partial charge in [-0.25, -0.2) is 9.36 Å². The van der Waals surface area contributed by atoms with Crippen LogP contribution in [0.3, 0.4) is 0 Å². The van der Waals surface area contributed by atoms with Gasteiger partial charge in [0, 0.05) is 16.7 Å². The van der Waals surface area contributed by atoms with E-state index in [1.165, 1.54) is 0 Å². The van der Waals surface area contributed by atoms with Crippen molar-refractivity contribution in [2.45, 2.75) is 13.0 Å². The number of carbonyl (C=O) groups is 1. The highest BCUT2D eigenvalue weighted by atomic mass is 79.9. The summed E-state index contributed by atoms with van der Waals surface area (Å²) >= 11 is 3.55. The molecular weight excluding hydrogens is 418 g/mol. The van der Waals surface area contributed by atoms with Crippen molar-refractivity contribution in [3.63, 3.8) is 0 Å². The highest BCUT2D eigenvalue weighted by Gasteiger charge is 2.11. The van der Waals surface area contributed by atoms with Crippen LogP contribution in [0, 0.1) is 0 Å². The predicted molar refractivity (Wildman–Crippen MR) is 111 cm³/mol. The zero-order chi connectivity index (χ0) is 19.3. The minimum absolute atomic E-state index is 0.110. The first kappa shape index (κ1) is 18.2. The maximum Gasteiger partial charge on any atom is 0.230 e. The summed E-state index contributed by atoms with van der Waals surface area (Å²) in [5.41, 5.74) is 2.89. The molecule has 7 heteroatoms. The number of benzene rings is 2. The molecule has 6 nitrogen and oxygen atoms in total. The molecule has 2 aromatic heterocycles. The van der Waals surface area contributed by atoms with Crippen LogP contribution < -0.4 is 5.32 Å². The van der Waals surface area contributed by atoms with Gasteiger partial charge >= 0.3 is 0 Å². The van der Waals surface area contributed by atoms with E-state index in [4.69, 9.17) is 0 Å². The lowest BCUT2D eigenvalue weighted by Crippen LogP contribution is -2.18. The molecule has 2 heterocycles. The Morgan fingerprint density at radius 1 is 1.00 bits per heavy atom. The van der Waals surface area contributed by atoms with Crippen molar-refractivity contribution in [1.82, 2.24) is 19.6 Å². The average molecular weight is 436 g/mol. The second-order valence-electron chi connectivity index (χ2n) is 6.32. The molecule has 4 aromatic rings. The van der Waals surface area contributed by atoms with Gasteiger partial charge in [-0.05, 0) is 29.3 Å². The van der Waals surface area contributed by atoms with Gasteiger partial charge < -0.3 is 5.32 Å². The molecule has 28 heavy (non-hydrogen) atoms. The number of rotatable bonds is 6. The zero-order valence-electron chi connectivity index (χ0n) is 15.0. The molecule has 0 atom stereocenters. The molecule has 0 saturated carbocycles. The minimum Gasteiger partial charge on any atom is -0.311 e. The summed E-state index contributed by atoms with van der Waals surface area (Å²) < 4.78 is 4.54. The van der Waals surface area contributed by atoms with E-state index in [0.29, 0.717) is 12.4 Å². The third kappa shape index (κ3) is 4.20. The first-order valence-corrected chi connectivity index (χ1v) is 9.62. The summed E-state index contributed by atoms with van der Waals surface area (Å²) in [6.07, 6.45) is 5.51. The second kappa shape index (κ2) is 8.22. The smallest absolute Gasteiger partial charge is 0.230 e. The maximum atomic E-state index is 12.5. The number of aromatic nitrogens is 4. The van der Waals surface area contributed by atoms with E-state index in [0.717, 1.165) is 21.3 Å². The van der Waals surface area contributed by atoms with Gasteiger partial charge in [-0.2, -0.15) is 10.2 Å². The number of amides is 1. The highest BCUT2D eigenvalue weighted by molar-refractivity contribution is 9.10. The van der Waals surface area contributed by atoms with E-state index in [2.05, 4.69) is 31.4 Å². The molecule has 2 aromatic carbocycles. The number of hydrogen-bond acceptors (Lipinski definition) is 3.